The molecule has 0 heterocycles. The SMILES string of the molecule is CON(N)NCc1ccccc1. The molecule has 3 N–H and O–H groups in total. The molecular weight excluding hydrogens is 154 g/mol. The van der Waals surface area contributed by atoms with Gasteiger partial charge in [0.25, 0.3) is 0 Å². The summed E-state index contributed by atoms with van der Waals surface area (Å²) in [5.41, 5.74) is 3.99. The lowest BCUT2D eigenvalue weighted by molar-refractivity contribution is -0.176. The van der Waals surface area contributed by atoms with Gasteiger partial charge in [0.15, 0.2) is 0 Å². The van der Waals surface area contributed by atoms with Gasteiger partial charge in [-0.15, -0.1) is 0 Å². The van der Waals surface area contributed by atoms with E-state index < -0.39 is 0 Å². The molecule has 0 bridgehead atoms. The van der Waals surface area contributed by atoms with Gasteiger partial charge in [-0.05, 0) is 5.56 Å². The highest BCUT2D eigenvalue weighted by Crippen LogP contribution is 1.96. The smallest absolute Gasteiger partial charge is 0.0607 e. The Bertz CT molecular complexity index is 215. The number of hydrazine groups is 2. The van der Waals surface area contributed by atoms with Crippen LogP contribution in [0.3, 0.4) is 0 Å². The molecule has 0 saturated carbocycles. The Morgan fingerprint density at radius 2 is 2.08 bits per heavy atom. The summed E-state index contributed by atoms with van der Waals surface area (Å²) in [4.78, 5) is 4.67. The van der Waals surface area contributed by atoms with Gasteiger partial charge in [-0.3, -0.25) is 4.84 Å². The minimum absolute atomic E-state index is 0.658. The fourth-order valence-electron chi connectivity index (χ4n) is 0.830. The highest BCUT2D eigenvalue weighted by atomic mass is 16.7. The minimum atomic E-state index is 0.658. The summed E-state index contributed by atoms with van der Waals surface area (Å²) in [6.07, 6.45) is 0. The van der Waals surface area contributed by atoms with Crippen molar-refractivity contribution in [3.05, 3.63) is 35.9 Å². The van der Waals surface area contributed by atoms with Crippen LogP contribution in [0.1, 0.15) is 5.56 Å². The van der Waals surface area contributed by atoms with Crippen LogP contribution in [0, 0.1) is 0 Å². The van der Waals surface area contributed by atoms with Crippen molar-refractivity contribution in [3.63, 3.8) is 0 Å². The number of rotatable bonds is 4. The molecular formula is C8H13N3O. The molecule has 66 valence electrons. The van der Waals surface area contributed by atoms with E-state index in [-0.39, 0.29) is 0 Å². The maximum Gasteiger partial charge on any atom is 0.0607 e. The average Bonchev–Trinajstić information content (AvgIpc) is 2.16. The van der Waals surface area contributed by atoms with Gasteiger partial charge < -0.3 is 0 Å². The molecule has 0 saturated heterocycles. The average molecular weight is 167 g/mol. The lowest BCUT2D eigenvalue weighted by atomic mass is 10.2. The molecule has 0 fully saturated rings. The topological polar surface area (TPSA) is 50.5 Å². The molecule has 1 rings (SSSR count). The minimum Gasteiger partial charge on any atom is -0.273 e. The quantitative estimate of drug-likeness (QED) is 0.504. The van der Waals surface area contributed by atoms with Crippen LogP contribution in [0.25, 0.3) is 0 Å². The van der Waals surface area contributed by atoms with Gasteiger partial charge in [-0.2, -0.15) is 0 Å². The summed E-state index contributed by atoms with van der Waals surface area (Å²) in [6.45, 7) is 0.658. The Labute approximate surface area is 71.8 Å². The van der Waals surface area contributed by atoms with Crippen molar-refractivity contribution in [1.82, 2.24) is 10.7 Å². The first-order chi connectivity index (χ1) is 5.83. The van der Waals surface area contributed by atoms with Crippen LogP contribution in [0.4, 0.5) is 0 Å². The standard InChI is InChI=1S/C8H13N3O/c1-12-11(9)10-7-8-5-3-2-4-6-8/h2-6,10H,7,9H2,1H3. The Morgan fingerprint density at radius 3 is 2.67 bits per heavy atom. The molecule has 1 aromatic rings. The number of nitrogens with two attached hydrogens (primary N) is 1. The molecule has 0 atom stereocenters. The Hall–Kier alpha value is -0.940. The first-order valence-corrected chi connectivity index (χ1v) is 3.69. The number of nitrogens with one attached hydrogen (secondary N) is 1. The van der Waals surface area contributed by atoms with E-state index in [9.17, 15) is 0 Å². The predicted molar refractivity (Wildman–Crippen MR) is 46.3 cm³/mol. The second kappa shape index (κ2) is 4.84. The highest BCUT2D eigenvalue weighted by Gasteiger charge is 1.94. The lowest BCUT2D eigenvalue weighted by Gasteiger charge is -2.13. The lowest BCUT2D eigenvalue weighted by Crippen LogP contribution is -2.42. The van der Waals surface area contributed by atoms with Crippen LogP contribution in [0.2, 0.25) is 0 Å². The summed E-state index contributed by atoms with van der Waals surface area (Å²) in [5.74, 6) is 5.32. The van der Waals surface area contributed by atoms with E-state index in [1.54, 1.807) is 0 Å². The zero-order chi connectivity index (χ0) is 8.81. The van der Waals surface area contributed by atoms with Crippen LogP contribution < -0.4 is 11.3 Å². The van der Waals surface area contributed by atoms with Crippen molar-refractivity contribution < 1.29 is 4.84 Å². The molecule has 0 amide bonds. The van der Waals surface area contributed by atoms with Gasteiger partial charge in [0, 0.05) is 6.54 Å². The Morgan fingerprint density at radius 1 is 1.42 bits per heavy atom. The summed E-state index contributed by atoms with van der Waals surface area (Å²) < 4.78 is 0. The van der Waals surface area contributed by atoms with Crippen molar-refractivity contribution in [2.75, 3.05) is 7.11 Å². The molecule has 0 aliphatic heterocycles. The second-order valence-electron chi connectivity index (χ2n) is 2.33. The van der Waals surface area contributed by atoms with Gasteiger partial charge in [-0.1, -0.05) is 35.6 Å². The maximum atomic E-state index is 5.32. The maximum absolute atomic E-state index is 5.32. The van der Waals surface area contributed by atoms with E-state index in [4.69, 9.17) is 5.84 Å². The van der Waals surface area contributed by atoms with E-state index in [1.165, 1.54) is 7.11 Å². The van der Waals surface area contributed by atoms with Crippen LogP contribution in [-0.2, 0) is 11.4 Å². The van der Waals surface area contributed by atoms with Crippen LogP contribution in [0.5, 0.6) is 0 Å². The predicted octanol–water partition coefficient (Wildman–Crippen LogP) is 0.428. The number of hydrogen-bond donors (Lipinski definition) is 2. The van der Waals surface area contributed by atoms with E-state index in [0.29, 0.717) is 6.54 Å². The first kappa shape index (κ1) is 9.15. The molecule has 0 radical (unpaired) electrons. The third-order valence-electron chi connectivity index (χ3n) is 1.48. The van der Waals surface area contributed by atoms with Crippen molar-refractivity contribution >= 4 is 0 Å². The molecule has 0 unspecified atom stereocenters. The Kier molecular flexibility index (Phi) is 3.69. The molecule has 4 nitrogen and oxygen atoms in total. The zero-order valence-electron chi connectivity index (χ0n) is 7.03. The van der Waals surface area contributed by atoms with Gasteiger partial charge in [0.2, 0.25) is 0 Å². The summed E-state index contributed by atoms with van der Waals surface area (Å²) >= 11 is 0. The van der Waals surface area contributed by atoms with Gasteiger partial charge in [-0.25, -0.2) is 11.3 Å². The fraction of sp³-hybridized carbons (Fsp3) is 0.250. The van der Waals surface area contributed by atoms with Gasteiger partial charge in [0.05, 0.1) is 7.11 Å². The van der Waals surface area contributed by atoms with Crippen molar-refractivity contribution in [1.29, 1.82) is 0 Å². The van der Waals surface area contributed by atoms with Crippen molar-refractivity contribution in [2.45, 2.75) is 6.54 Å². The first-order valence-electron chi connectivity index (χ1n) is 3.69. The number of hydrogen-bond acceptors (Lipinski definition) is 4. The van der Waals surface area contributed by atoms with Crippen LogP contribution >= 0.6 is 0 Å². The molecule has 0 aromatic heterocycles. The van der Waals surface area contributed by atoms with E-state index in [1.807, 2.05) is 30.3 Å². The Balaban J connectivity index is 2.33. The second-order valence-corrected chi connectivity index (χ2v) is 2.33. The third kappa shape index (κ3) is 2.98. The van der Waals surface area contributed by atoms with Crippen molar-refractivity contribution in [3.8, 4) is 0 Å². The number of benzene rings is 1. The molecule has 0 aliphatic carbocycles. The van der Waals surface area contributed by atoms with E-state index >= 15 is 0 Å². The van der Waals surface area contributed by atoms with Crippen molar-refractivity contribution in [2.24, 2.45) is 5.84 Å². The molecule has 4 heteroatoms. The largest absolute Gasteiger partial charge is 0.273 e. The summed E-state index contributed by atoms with van der Waals surface area (Å²) in [6, 6.07) is 9.95. The summed E-state index contributed by atoms with van der Waals surface area (Å²) in [5, 5.41) is 1.08. The van der Waals surface area contributed by atoms with Crippen LogP contribution in [0.15, 0.2) is 30.3 Å². The van der Waals surface area contributed by atoms with E-state index in [0.717, 1.165) is 10.8 Å². The zero-order valence-corrected chi connectivity index (χ0v) is 7.03. The molecule has 0 spiro atoms. The molecule has 12 heavy (non-hydrogen) atoms. The highest BCUT2D eigenvalue weighted by molar-refractivity contribution is 5.13. The number of nitrogens with zero attached hydrogens (tertiary/aromatic N) is 1. The van der Waals surface area contributed by atoms with Gasteiger partial charge in [0.1, 0.15) is 0 Å². The fourth-order valence-corrected chi connectivity index (χ4v) is 0.830. The van der Waals surface area contributed by atoms with Crippen LogP contribution in [-0.4, -0.2) is 12.4 Å². The summed E-state index contributed by atoms with van der Waals surface area (Å²) in [7, 11) is 1.50. The third-order valence-corrected chi connectivity index (χ3v) is 1.48. The normalized spacial score (nSPS) is 10.6. The molecule has 1 aromatic carbocycles. The van der Waals surface area contributed by atoms with Gasteiger partial charge >= 0.3 is 0 Å². The monoisotopic (exact) mass is 167 g/mol. The molecule has 0 aliphatic rings. The van der Waals surface area contributed by atoms with E-state index in [2.05, 4.69) is 10.3 Å².